The van der Waals surface area contributed by atoms with Crippen molar-refractivity contribution < 1.29 is 13.9 Å². The SMILES string of the molecule is COC(=O)c1nc2c(F)cc(N)c(Br)c2s1. The molecular formula is C9H6BrFN2O2S. The highest BCUT2D eigenvalue weighted by Crippen LogP contribution is 2.35. The van der Waals surface area contributed by atoms with Crippen LogP contribution in [0.15, 0.2) is 10.5 Å². The van der Waals surface area contributed by atoms with E-state index in [1.54, 1.807) is 0 Å². The smallest absolute Gasteiger partial charge is 0.367 e. The molecule has 2 aromatic rings. The van der Waals surface area contributed by atoms with Crippen molar-refractivity contribution in [3.8, 4) is 0 Å². The summed E-state index contributed by atoms with van der Waals surface area (Å²) in [6.07, 6.45) is 0. The Morgan fingerprint density at radius 2 is 2.38 bits per heavy atom. The van der Waals surface area contributed by atoms with Crippen LogP contribution in [-0.2, 0) is 4.74 Å². The molecule has 4 nitrogen and oxygen atoms in total. The topological polar surface area (TPSA) is 65.2 Å². The van der Waals surface area contributed by atoms with E-state index in [1.807, 2.05) is 0 Å². The number of thiazole rings is 1. The minimum Gasteiger partial charge on any atom is -0.464 e. The first-order valence-electron chi connectivity index (χ1n) is 4.17. The standard InChI is InChI=1S/C9H6BrFN2O2S/c1-15-9(14)8-13-6-3(11)2-4(12)5(10)7(6)16-8/h2H,12H2,1H3. The average molecular weight is 305 g/mol. The van der Waals surface area contributed by atoms with Gasteiger partial charge in [0, 0.05) is 6.07 Å². The van der Waals surface area contributed by atoms with Gasteiger partial charge in [0.15, 0.2) is 5.82 Å². The first-order chi connectivity index (χ1) is 7.54. The van der Waals surface area contributed by atoms with Crippen molar-refractivity contribution in [2.75, 3.05) is 12.8 Å². The molecule has 2 rings (SSSR count). The normalized spacial score (nSPS) is 10.7. The maximum atomic E-state index is 13.5. The number of methoxy groups -OCH3 is 1. The van der Waals surface area contributed by atoms with Gasteiger partial charge in [-0.25, -0.2) is 14.2 Å². The first-order valence-corrected chi connectivity index (χ1v) is 5.78. The Hall–Kier alpha value is -1.21. The second kappa shape index (κ2) is 3.99. The van der Waals surface area contributed by atoms with Crippen molar-refractivity contribution >= 4 is 49.1 Å². The number of esters is 1. The summed E-state index contributed by atoms with van der Waals surface area (Å²) in [5.41, 5.74) is 5.97. The van der Waals surface area contributed by atoms with Crippen LogP contribution < -0.4 is 5.73 Å². The van der Waals surface area contributed by atoms with E-state index in [1.165, 1.54) is 7.11 Å². The number of aromatic nitrogens is 1. The summed E-state index contributed by atoms with van der Waals surface area (Å²) >= 11 is 4.26. The molecule has 0 atom stereocenters. The number of rotatable bonds is 1. The number of nitrogen functional groups attached to an aromatic ring is 1. The molecule has 0 aliphatic carbocycles. The molecule has 0 aliphatic heterocycles. The van der Waals surface area contributed by atoms with Gasteiger partial charge in [-0.05, 0) is 15.9 Å². The third kappa shape index (κ3) is 1.65. The molecule has 0 unspecified atom stereocenters. The predicted molar refractivity (Wildman–Crippen MR) is 63.0 cm³/mol. The number of fused-ring (bicyclic) bond motifs is 1. The fraction of sp³-hybridized carbons (Fsp3) is 0.111. The van der Waals surface area contributed by atoms with Gasteiger partial charge in [-0.3, -0.25) is 0 Å². The Morgan fingerprint density at radius 3 is 3.00 bits per heavy atom. The summed E-state index contributed by atoms with van der Waals surface area (Å²) in [4.78, 5) is 15.1. The van der Waals surface area contributed by atoms with Crippen LogP contribution in [0, 0.1) is 5.82 Å². The summed E-state index contributed by atoms with van der Waals surface area (Å²) in [5, 5.41) is 0.0997. The number of ether oxygens (including phenoxy) is 1. The van der Waals surface area contributed by atoms with Gasteiger partial charge < -0.3 is 10.5 Å². The largest absolute Gasteiger partial charge is 0.464 e. The molecule has 0 radical (unpaired) electrons. The van der Waals surface area contributed by atoms with E-state index in [4.69, 9.17) is 5.73 Å². The van der Waals surface area contributed by atoms with Gasteiger partial charge in [-0.15, -0.1) is 11.3 Å². The monoisotopic (exact) mass is 304 g/mol. The number of nitrogens with two attached hydrogens (primary N) is 1. The molecule has 0 spiro atoms. The molecule has 16 heavy (non-hydrogen) atoms. The van der Waals surface area contributed by atoms with Gasteiger partial charge in [0.2, 0.25) is 5.01 Å². The van der Waals surface area contributed by atoms with Crippen LogP contribution in [0.2, 0.25) is 0 Å². The van der Waals surface area contributed by atoms with Crippen LogP contribution in [-0.4, -0.2) is 18.1 Å². The lowest BCUT2D eigenvalue weighted by Crippen LogP contribution is -1.99. The van der Waals surface area contributed by atoms with E-state index >= 15 is 0 Å². The quantitative estimate of drug-likeness (QED) is 0.649. The van der Waals surface area contributed by atoms with E-state index in [0.29, 0.717) is 9.17 Å². The van der Waals surface area contributed by atoms with Crippen molar-refractivity contribution in [3.05, 3.63) is 21.4 Å². The van der Waals surface area contributed by atoms with Crippen LogP contribution >= 0.6 is 27.3 Å². The third-order valence-electron chi connectivity index (χ3n) is 1.95. The molecule has 0 saturated carbocycles. The molecule has 0 aliphatic rings. The van der Waals surface area contributed by atoms with Crippen molar-refractivity contribution in [1.29, 1.82) is 0 Å². The molecule has 1 aromatic heterocycles. The van der Waals surface area contributed by atoms with Gasteiger partial charge in [-0.1, -0.05) is 0 Å². The first kappa shape index (κ1) is 11.3. The Labute approximate surface area is 102 Å². The zero-order valence-corrected chi connectivity index (χ0v) is 10.5. The molecule has 2 N–H and O–H groups in total. The van der Waals surface area contributed by atoms with E-state index in [0.717, 1.165) is 17.4 Å². The Balaban J connectivity index is 2.74. The van der Waals surface area contributed by atoms with Gasteiger partial charge in [0.1, 0.15) is 5.52 Å². The number of nitrogens with zero attached hydrogens (tertiary/aromatic N) is 1. The second-order valence-electron chi connectivity index (χ2n) is 2.95. The molecule has 84 valence electrons. The summed E-state index contributed by atoms with van der Waals surface area (Å²) in [5.74, 6) is -1.15. The van der Waals surface area contributed by atoms with Gasteiger partial charge in [0.25, 0.3) is 0 Å². The molecule has 7 heteroatoms. The fourth-order valence-corrected chi connectivity index (χ4v) is 2.69. The third-order valence-corrected chi connectivity index (χ3v) is 4.12. The Bertz CT molecular complexity index is 584. The molecule has 0 amide bonds. The predicted octanol–water partition coefficient (Wildman–Crippen LogP) is 2.57. The lowest BCUT2D eigenvalue weighted by Gasteiger charge is -1.98. The minimum absolute atomic E-state index is 0.0997. The highest BCUT2D eigenvalue weighted by molar-refractivity contribution is 9.10. The zero-order valence-electron chi connectivity index (χ0n) is 8.08. The highest BCUT2D eigenvalue weighted by atomic mass is 79.9. The molecule has 0 saturated heterocycles. The van der Waals surface area contributed by atoms with Crippen LogP contribution in [0.4, 0.5) is 10.1 Å². The minimum atomic E-state index is -0.592. The van der Waals surface area contributed by atoms with Crippen LogP contribution in [0.3, 0.4) is 0 Å². The van der Waals surface area contributed by atoms with Crippen molar-refractivity contribution in [2.24, 2.45) is 0 Å². The Kier molecular flexibility index (Phi) is 2.81. The molecule has 0 fully saturated rings. The molecular weight excluding hydrogens is 299 g/mol. The summed E-state index contributed by atoms with van der Waals surface area (Å²) in [6.45, 7) is 0. The number of anilines is 1. The number of hydrogen-bond donors (Lipinski definition) is 1. The lowest BCUT2D eigenvalue weighted by atomic mass is 10.3. The number of carbonyl (C=O) groups is 1. The Morgan fingerprint density at radius 1 is 1.69 bits per heavy atom. The fourth-order valence-electron chi connectivity index (χ4n) is 1.20. The zero-order chi connectivity index (χ0) is 11.9. The average Bonchev–Trinajstić information content (AvgIpc) is 2.70. The second-order valence-corrected chi connectivity index (χ2v) is 4.74. The molecule has 1 heterocycles. The number of halogens is 2. The highest BCUT2D eigenvalue weighted by Gasteiger charge is 2.18. The van der Waals surface area contributed by atoms with Crippen LogP contribution in [0.1, 0.15) is 9.80 Å². The van der Waals surface area contributed by atoms with Crippen molar-refractivity contribution in [3.63, 3.8) is 0 Å². The van der Waals surface area contributed by atoms with Crippen molar-refractivity contribution in [1.82, 2.24) is 4.98 Å². The summed E-state index contributed by atoms with van der Waals surface area (Å²) in [7, 11) is 1.24. The van der Waals surface area contributed by atoms with Crippen molar-refractivity contribution in [2.45, 2.75) is 0 Å². The van der Waals surface area contributed by atoms with Crippen LogP contribution in [0.5, 0.6) is 0 Å². The van der Waals surface area contributed by atoms with Gasteiger partial charge in [-0.2, -0.15) is 0 Å². The number of hydrogen-bond acceptors (Lipinski definition) is 5. The summed E-state index contributed by atoms with van der Waals surface area (Å²) < 4.78 is 19.1. The number of benzene rings is 1. The lowest BCUT2D eigenvalue weighted by molar-refractivity contribution is 0.0600. The van der Waals surface area contributed by atoms with E-state index in [9.17, 15) is 9.18 Å². The van der Waals surface area contributed by atoms with Gasteiger partial charge >= 0.3 is 5.97 Å². The number of carbonyl (C=O) groups excluding carboxylic acids is 1. The maximum absolute atomic E-state index is 13.5. The van der Waals surface area contributed by atoms with E-state index in [2.05, 4.69) is 25.7 Å². The van der Waals surface area contributed by atoms with Crippen LogP contribution in [0.25, 0.3) is 10.2 Å². The van der Waals surface area contributed by atoms with Gasteiger partial charge in [0.05, 0.1) is 22.0 Å². The molecule has 0 bridgehead atoms. The van der Waals surface area contributed by atoms with E-state index in [-0.39, 0.29) is 16.2 Å². The maximum Gasteiger partial charge on any atom is 0.367 e. The summed E-state index contributed by atoms with van der Waals surface area (Å²) in [6, 6.07) is 1.16. The van der Waals surface area contributed by atoms with E-state index < -0.39 is 11.8 Å². The molecule has 1 aromatic carbocycles.